The molecule has 4 saturated carbocycles. The summed E-state index contributed by atoms with van der Waals surface area (Å²) in [5.74, 6) is 3.46. The van der Waals surface area contributed by atoms with Gasteiger partial charge in [0.25, 0.3) is 0 Å². The Morgan fingerprint density at radius 3 is 2.23 bits per heavy atom. The van der Waals surface area contributed by atoms with E-state index in [1.54, 1.807) is 6.08 Å². The number of carboxylic acid groups (broad SMARTS) is 1. The van der Waals surface area contributed by atoms with Crippen molar-refractivity contribution in [1.82, 2.24) is 0 Å². The number of fused-ring (bicyclic) bond motifs is 1. The molecule has 4 nitrogen and oxygen atoms in total. The third kappa shape index (κ3) is 3.29. The first-order valence-corrected chi connectivity index (χ1v) is 11.9. The lowest BCUT2D eigenvalue weighted by molar-refractivity contribution is -0.131. The topological polar surface area (TPSA) is 55.8 Å². The Morgan fingerprint density at radius 2 is 1.61 bits per heavy atom. The Bertz CT molecular complexity index is 1050. The van der Waals surface area contributed by atoms with E-state index >= 15 is 0 Å². The third-order valence-corrected chi connectivity index (χ3v) is 8.39. The molecule has 7 rings (SSSR count). The summed E-state index contributed by atoms with van der Waals surface area (Å²) in [6, 6.07) is 12.4. The number of aliphatic carboxylic acids is 1. The molecular formula is C26H25BrO4. The van der Waals surface area contributed by atoms with Crippen LogP contribution >= 0.6 is 15.9 Å². The minimum Gasteiger partial charge on any atom is -0.477 e. The molecule has 2 aromatic rings. The first kappa shape index (κ1) is 19.4. The second kappa shape index (κ2) is 7.13. The zero-order valence-corrected chi connectivity index (χ0v) is 18.9. The Hall–Kier alpha value is -2.27. The van der Waals surface area contributed by atoms with Gasteiger partial charge in [0.2, 0.25) is 6.79 Å². The highest BCUT2D eigenvalue weighted by Crippen LogP contribution is 2.63. The summed E-state index contributed by atoms with van der Waals surface area (Å²) in [6.07, 6.45) is 9.71. The molecule has 0 spiro atoms. The molecule has 0 unspecified atom stereocenters. The summed E-state index contributed by atoms with van der Waals surface area (Å²) in [7, 11) is 0. The van der Waals surface area contributed by atoms with Gasteiger partial charge in [0, 0.05) is 5.56 Å². The van der Waals surface area contributed by atoms with Gasteiger partial charge in [0.1, 0.15) is 4.48 Å². The maximum Gasteiger partial charge on any atom is 0.342 e. The van der Waals surface area contributed by atoms with E-state index in [-0.39, 0.29) is 9.90 Å². The number of halogens is 1. The van der Waals surface area contributed by atoms with Crippen LogP contribution in [-0.4, -0.2) is 17.9 Å². The molecule has 1 heterocycles. The minimum atomic E-state index is -0.972. The van der Waals surface area contributed by atoms with Crippen LogP contribution in [0.5, 0.6) is 11.5 Å². The normalized spacial score (nSPS) is 30.6. The maximum atomic E-state index is 11.1. The summed E-state index contributed by atoms with van der Waals surface area (Å²) in [5.41, 5.74) is 4.68. The van der Waals surface area contributed by atoms with Crippen LogP contribution in [0.25, 0.3) is 17.2 Å². The molecule has 0 saturated heterocycles. The van der Waals surface area contributed by atoms with Gasteiger partial charge in [0.15, 0.2) is 11.5 Å². The highest BCUT2D eigenvalue weighted by molar-refractivity contribution is 9.12. The summed E-state index contributed by atoms with van der Waals surface area (Å²) in [4.78, 5) is 11.1. The van der Waals surface area contributed by atoms with Crippen LogP contribution in [0, 0.1) is 17.8 Å². The van der Waals surface area contributed by atoms with Crippen molar-refractivity contribution in [3.63, 3.8) is 0 Å². The lowest BCUT2D eigenvalue weighted by Gasteiger charge is -2.57. The Morgan fingerprint density at radius 1 is 0.968 bits per heavy atom. The van der Waals surface area contributed by atoms with Gasteiger partial charge < -0.3 is 14.6 Å². The smallest absolute Gasteiger partial charge is 0.342 e. The molecule has 4 aliphatic carbocycles. The largest absolute Gasteiger partial charge is 0.477 e. The predicted molar refractivity (Wildman–Crippen MR) is 122 cm³/mol. The average molecular weight is 481 g/mol. The van der Waals surface area contributed by atoms with Crippen LogP contribution in [0.1, 0.15) is 49.7 Å². The maximum absolute atomic E-state index is 11.1. The second-order valence-corrected chi connectivity index (χ2v) is 10.7. The first-order valence-electron chi connectivity index (χ1n) is 11.1. The Kier molecular flexibility index (Phi) is 4.46. The van der Waals surface area contributed by atoms with Crippen molar-refractivity contribution in [1.29, 1.82) is 0 Å². The summed E-state index contributed by atoms with van der Waals surface area (Å²) < 4.78 is 12.0. The minimum absolute atomic E-state index is 0.146. The summed E-state index contributed by atoms with van der Waals surface area (Å²) in [5, 5.41) is 9.07. The van der Waals surface area contributed by atoms with E-state index in [0.717, 1.165) is 45.9 Å². The van der Waals surface area contributed by atoms with E-state index in [1.807, 2.05) is 12.1 Å². The highest BCUT2D eigenvalue weighted by Gasteiger charge is 2.53. The zero-order valence-electron chi connectivity index (χ0n) is 17.3. The second-order valence-electron chi connectivity index (χ2n) is 9.87. The number of ether oxygens (including phenoxy) is 2. The molecule has 31 heavy (non-hydrogen) atoms. The number of carbonyl (C=O) groups is 1. The van der Waals surface area contributed by atoms with Gasteiger partial charge in [-0.2, -0.15) is 0 Å². The zero-order chi connectivity index (χ0) is 21.2. The van der Waals surface area contributed by atoms with E-state index in [9.17, 15) is 4.79 Å². The quantitative estimate of drug-likeness (QED) is 0.516. The van der Waals surface area contributed by atoms with E-state index in [1.165, 1.54) is 44.1 Å². The fourth-order valence-corrected chi connectivity index (χ4v) is 7.26. The SMILES string of the molecule is O=C(O)/C(Br)=C\c1ccc(-c2cc3c(c(C45CC6CC(CC(C6)C4)C5)c2)OCO3)cc1. The third-order valence-electron chi connectivity index (χ3n) is 7.82. The molecular weight excluding hydrogens is 456 g/mol. The van der Waals surface area contributed by atoms with Crippen LogP contribution < -0.4 is 9.47 Å². The fraction of sp³-hybridized carbons (Fsp3) is 0.423. The molecule has 4 bridgehead atoms. The highest BCUT2D eigenvalue weighted by atomic mass is 79.9. The van der Waals surface area contributed by atoms with Crippen molar-refractivity contribution in [3.8, 4) is 22.6 Å². The first-order chi connectivity index (χ1) is 15.0. The lowest BCUT2D eigenvalue weighted by Crippen LogP contribution is -2.48. The molecule has 5 heteroatoms. The van der Waals surface area contributed by atoms with E-state index < -0.39 is 5.97 Å². The lowest BCUT2D eigenvalue weighted by atomic mass is 9.48. The van der Waals surface area contributed by atoms with Crippen molar-refractivity contribution in [2.45, 2.75) is 43.9 Å². The van der Waals surface area contributed by atoms with Crippen LogP contribution in [0.3, 0.4) is 0 Å². The van der Waals surface area contributed by atoms with Gasteiger partial charge in [-0.1, -0.05) is 24.3 Å². The summed E-state index contributed by atoms with van der Waals surface area (Å²) in [6.45, 7) is 0.297. The van der Waals surface area contributed by atoms with Gasteiger partial charge in [-0.05, 0) is 113 Å². The molecule has 4 fully saturated rings. The molecule has 0 atom stereocenters. The molecule has 1 aliphatic heterocycles. The van der Waals surface area contributed by atoms with Gasteiger partial charge >= 0.3 is 5.97 Å². The Labute approximate surface area is 190 Å². The number of hydrogen-bond donors (Lipinski definition) is 1. The van der Waals surface area contributed by atoms with Gasteiger partial charge in [-0.25, -0.2) is 4.79 Å². The number of carboxylic acids is 1. The van der Waals surface area contributed by atoms with Crippen molar-refractivity contribution in [2.75, 3.05) is 6.79 Å². The van der Waals surface area contributed by atoms with Crippen molar-refractivity contribution in [3.05, 3.63) is 52.0 Å². The van der Waals surface area contributed by atoms with E-state index in [0.29, 0.717) is 6.79 Å². The molecule has 0 radical (unpaired) electrons. The van der Waals surface area contributed by atoms with E-state index in [4.69, 9.17) is 14.6 Å². The molecule has 5 aliphatic rings. The van der Waals surface area contributed by atoms with Crippen LogP contribution in [-0.2, 0) is 10.2 Å². The standard InChI is InChI=1S/C26H25BrO4/c27-22(25(28)29)8-15-1-3-19(4-2-15)20-9-21(24-23(10-20)30-14-31-24)26-11-16-5-17(12-26)7-18(6-16)13-26/h1-4,8-10,16-18H,5-7,11-14H2,(H,28,29)/b22-8+. The molecule has 0 aromatic heterocycles. The average Bonchev–Trinajstić information content (AvgIpc) is 3.21. The molecule has 1 N–H and O–H groups in total. The molecule has 160 valence electrons. The molecule has 0 amide bonds. The van der Waals surface area contributed by atoms with E-state index in [2.05, 4.69) is 40.2 Å². The van der Waals surface area contributed by atoms with Gasteiger partial charge in [0.05, 0.1) is 0 Å². The number of benzene rings is 2. The van der Waals surface area contributed by atoms with Gasteiger partial charge in [-0.15, -0.1) is 0 Å². The fourth-order valence-electron chi connectivity index (χ4n) is 6.99. The van der Waals surface area contributed by atoms with Crippen LogP contribution in [0.15, 0.2) is 40.9 Å². The molecule has 2 aromatic carbocycles. The van der Waals surface area contributed by atoms with Crippen LogP contribution in [0.2, 0.25) is 0 Å². The monoisotopic (exact) mass is 480 g/mol. The summed E-state index contributed by atoms with van der Waals surface area (Å²) >= 11 is 3.09. The van der Waals surface area contributed by atoms with Crippen molar-refractivity contribution < 1.29 is 19.4 Å². The van der Waals surface area contributed by atoms with Crippen molar-refractivity contribution in [2.24, 2.45) is 17.8 Å². The van der Waals surface area contributed by atoms with Crippen molar-refractivity contribution >= 4 is 28.0 Å². The number of rotatable bonds is 4. The Balaban J connectivity index is 1.40. The van der Waals surface area contributed by atoms with Gasteiger partial charge in [-0.3, -0.25) is 0 Å². The predicted octanol–water partition coefficient (Wildman–Crippen LogP) is 6.37. The van der Waals surface area contributed by atoms with Crippen LogP contribution in [0.4, 0.5) is 0 Å². The number of hydrogen-bond acceptors (Lipinski definition) is 3.